The Labute approximate surface area is 214 Å². The fourth-order valence-corrected chi connectivity index (χ4v) is 4.67. The van der Waals surface area contributed by atoms with E-state index in [0.29, 0.717) is 34.6 Å². The van der Waals surface area contributed by atoms with Gasteiger partial charge in [-0.3, -0.25) is 14.5 Å². The normalized spacial score (nSPS) is 14.8. The highest BCUT2D eigenvalue weighted by molar-refractivity contribution is 6.09. The summed E-state index contributed by atoms with van der Waals surface area (Å²) in [6, 6.07) is 9.92. The third kappa shape index (κ3) is 4.33. The molecule has 2 aromatic carbocycles. The highest BCUT2D eigenvalue weighted by Gasteiger charge is 2.45. The first-order valence-electron chi connectivity index (χ1n) is 12.4. The third-order valence-corrected chi connectivity index (χ3v) is 6.76. The Morgan fingerprint density at radius 1 is 1.00 bits per heavy atom. The van der Waals surface area contributed by atoms with Crippen LogP contribution in [-0.2, 0) is 0 Å². The second-order valence-corrected chi connectivity index (χ2v) is 9.20. The van der Waals surface area contributed by atoms with E-state index in [1.54, 1.807) is 37.7 Å². The van der Waals surface area contributed by atoms with Crippen LogP contribution in [0.5, 0.6) is 11.5 Å². The molecule has 37 heavy (non-hydrogen) atoms. The van der Waals surface area contributed by atoms with Crippen LogP contribution in [0.1, 0.15) is 65.0 Å². The molecular weight excluding hydrogens is 470 g/mol. The Bertz CT molecular complexity index is 1530. The second kappa shape index (κ2) is 10.0. The van der Waals surface area contributed by atoms with Crippen molar-refractivity contribution in [3.8, 4) is 11.5 Å². The lowest BCUT2D eigenvalue weighted by Crippen LogP contribution is -2.31. The molecule has 190 valence electrons. The van der Waals surface area contributed by atoms with Crippen molar-refractivity contribution in [2.75, 3.05) is 18.6 Å². The summed E-state index contributed by atoms with van der Waals surface area (Å²) in [6.07, 6.45) is 6.24. The fraction of sp³-hybridized carbons (Fsp3) is 0.310. The first-order valence-corrected chi connectivity index (χ1v) is 12.4. The van der Waals surface area contributed by atoms with Gasteiger partial charge in [-0.1, -0.05) is 25.8 Å². The zero-order chi connectivity index (χ0) is 26.1. The number of unbranched alkanes of at least 4 members (excludes halogenated alkanes) is 2. The largest absolute Gasteiger partial charge is 0.493 e. The van der Waals surface area contributed by atoms with E-state index >= 15 is 0 Å². The molecule has 4 aromatic rings. The first-order chi connectivity index (χ1) is 17.9. The van der Waals surface area contributed by atoms with E-state index in [4.69, 9.17) is 13.9 Å². The highest BCUT2D eigenvalue weighted by atomic mass is 16.5. The number of carbonyl (C=O) groups excluding carboxylic acids is 1. The SMILES string of the molecule is CCCCCOc1ccc(C2c3c(oc4cc(C)c(C)cc4c3=O)C(=O)N2c2ncccn2)cc1OC. The number of hydrogen-bond acceptors (Lipinski definition) is 7. The Morgan fingerprint density at radius 2 is 1.76 bits per heavy atom. The molecule has 0 spiro atoms. The first kappa shape index (κ1) is 24.5. The minimum atomic E-state index is -0.796. The number of ether oxygens (including phenoxy) is 2. The number of rotatable bonds is 8. The van der Waals surface area contributed by atoms with Gasteiger partial charge in [0.2, 0.25) is 11.7 Å². The maximum atomic E-state index is 13.9. The van der Waals surface area contributed by atoms with Crippen molar-refractivity contribution < 1.29 is 18.7 Å². The van der Waals surface area contributed by atoms with E-state index in [1.165, 1.54) is 4.90 Å². The molecule has 0 saturated carbocycles. The molecule has 1 amide bonds. The van der Waals surface area contributed by atoms with Gasteiger partial charge in [0.15, 0.2) is 16.9 Å². The predicted molar refractivity (Wildman–Crippen MR) is 141 cm³/mol. The van der Waals surface area contributed by atoms with Crippen molar-refractivity contribution in [3.63, 3.8) is 0 Å². The lowest BCUT2D eigenvalue weighted by atomic mass is 9.97. The number of amides is 1. The summed E-state index contributed by atoms with van der Waals surface area (Å²) in [5.41, 5.74) is 2.98. The van der Waals surface area contributed by atoms with Gasteiger partial charge in [0.25, 0.3) is 5.91 Å². The lowest BCUT2D eigenvalue weighted by molar-refractivity contribution is 0.0969. The van der Waals surface area contributed by atoms with Crippen LogP contribution in [0.2, 0.25) is 0 Å². The molecule has 0 aliphatic carbocycles. The number of aryl methyl sites for hydroxylation is 2. The monoisotopic (exact) mass is 499 g/mol. The van der Waals surface area contributed by atoms with E-state index in [9.17, 15) is 9.59 Å². The van der Waals surface area contributed by atoms with Crippen LogP contribution in [0.15, 0.2) is 58.0 Å². The van der Waals surface area contributed by atoms with Crippen molar-refractivity contribution in [2.45, 2.75) is 46.1 Å². The average molecular weight is 500 g/mol. The molecule has 1 aliphatic heterocycles. The van der Waals surface area contributed by atoms with Gasteiger partial charge < -0.3 is 13.9 Å². The van der Waals surface area contributed by atoms with Crippen LogP contribution in [0.3, 0.4) is 0 Å². The molecule has 0 fully saturated rings. The Morgan fingerprint density at radius 3 is 2.49 bits per heavy atom. The number of anilines is 1. The summed E-state index contributed by atoms with van der Waals surface area (Å²) < 4.78 is 17.7. The van der Waals surface area contributed by atoms with Gasteiger partial charge in [0.1, 0.15) is 5.58 Å². The molecule has 1 aliphatic rings. The minimum absolute atomic E-state index is 0.00272. The molecule has 0 radical (unpaired) electrons. The minimum Gasteiger partial charge on any atom is -0.493 e. The summed E-state index contributed by atoms with van der Waals surface area (Å²) in [5.74, 6) is 0.824. The van der Waals surface area contributed by atoms with Gasteiger partial charge in [0, 0.05) is 12.4 Å². The van der Waals surface area contributed by atoms with Gasteiger partial charge in [0.05, 0.1) is 30.7 Å². The van der Waals surface area contributed by atoms with E-state index in [1.807, 2.05) is 32.0 Å². The van der Waals surface area contributed by atoms with E-state index < -0.39 is 11.9 Å². The smallest absolute Gasteiger partial charge is 0.297 e. The van der Waals surface area contributed by atoms with Crippen molar-refractivity contribution in [1.29, 1.82) is 0 Å². The van der Waals surface area contributed by atoms with Gasteiger partial charge in [-0.2, -0.15) is 0 Å². The second-order valence-electron chi connectivity index (χ2n) is 9.20. The van der Waals surface area contributed by atoms with Crippen LogP contribution in [0, 0.1) is 13.8 Å². The summed E-state index contributed by atoms with van der Waals surface area (Å²) in [5, 5.41) is 0.429. The summed E-state index contributed by atoms with van der Waals surface area (Å²) in [7, 11) is 1.57. The Hall–Kier alpha value is -4.20. The summed E-state index contributed by atoms with van der Waals surface area (Å²) in [6.45, 7) is 6.60. The number of carbonyl (C=O) groups is 1. The van der Waals surface area contributed by atoms with Crippen molar-refractivity contribution in [3.05, 3.63) is 87.0 Å². The highest BCUT2D eigenvalue weighted by Crippen LogP contribution is 2.42. The molecule has 2 aromatic heterocycles. The van der Waals surface area contributed by atoms with E-state index in [-0.39, 0.29) is 22.7 Å². The molecule has 0 bridgehead atoms. The van der Waals surface area contributed by atoms with Crippen molar-refractivity contribution in [2.24, 2.45) is 0 Å². The molecule has 1 atom stereocenters. The number of methoxy groups -OCH3 is 1. The van der Waals surface area contributed by atoms with Crippen molar-refractivity contribution in [1.82, 2.24) is 9.97 Å². The number of nitrogens with zero attached hydrogens (tertiary/aromatic N) is 3. The maximum absolute atomic E-state index is 13.9. The predicted octanol–water partition coefficient (Wildman–Crippen LogP) is 5.53. The van der Waals surface area contributed by atoms with Crippen LogP contribution in [-0.4, -0.2) is 29.6 Å². The lowest BCUT2D eigenvalue weighted by Gasteiger charge is -2.24. The number of hydrogen-bond donors (Lipinski definition) is 0. The maximum Gasteiger partial charge on any atom is 0.297 e. The Kier molecular flexibility index (Phi) is 6.65. The molecule has 3 heterocycles. The van der Waals surface area contributed by atoms with E-state index in [0.717, 1.165) is 30.4 Å². The topological polar surface area (TPSA) is 94.8 Å². The van der Waals surface area contributed by atoms with Gasteiger partial charge in [-0.05, 0) is 67.3 Å². The number of fused-ring (bicyclic) bond motifs is 2. The average Bonchev–Trinajstić information content (AvgIpc) is 3.20. The molecule has 0 N–H and O–H groups in total. The van der Waals surface area contributed by atoms with Crippen molar-refractivity contribution >= 4 is 22.8 Å². The molecule has 5 rings (SSSR count). The number of benzene rings is 2. The zero-order valence-electron chi connectivity index (χ0n) is 21.4. The van der Waals surface area contributed by atoms with Gasteiger partial charge in [-0.25, -0.2) is 9.97 Å². The molecule has 8 heteroatoms. The van der Waals surface area contributed by atoms with Crippen LogP contribution in [0.25, 0.3) is 11.0 Å². The quantitative estimate of drug-likeness (QED) is 0.294. The summed E-state index contributed by atoms with van der Waals surface area (Å²) in [4.78, 5) is 37.6. The van der Waals surface area contributed by atoms with Crippen LogP contribution in [0.4, 0.5) is 5.95 Å². The summed E-state index contributed by atoms with van der Waals surface area (Å²) >= 11 is 0. The van der Waals surface area contributed by atoms with Crippen LogP contribution >= 0.6 is 0 Å². The molecule has 8 nitrogen and oxygen atoms in total. The van der Waals surface area contributed by atoms with Crippen LogP contribution < -0.4 is 19.8 Å². The molecular formula is C29H29N3O5. The van der Waals surface area contributed by atoms with Gasteiger partial charge in [-0.15, -0.1) is 0 Å². The fourth-order valence-electron chi connectivity index (χ4n) is 4.67. The molecule has 0 saturated heterocycles. The van der Waals surface area contributed by atoms with E-state index in [2.05, 4.69) is 16.9 Å². The molecule has 1 unspecified atom stereocenters. The third-order valence-electron chi connectivity index (χ3n) is 6.76. The Balaban J connectivity index is 1.68. The standard InChI is InChI=1S/C29H29N3O5/c1-5-6-7-13-36-21-10-9-19(16-23(21)35-4)25-24-26(33)20-14-17(2)18(3)15-22(20)37-27(24)28(34)32(25)29-30-11-8-12-31-29/h8-12,14-16,25H,5-7,13H2,1-4H3. The number of aromatic nitrogens is 2. The van der Waals surface area contributed by atoms with Gasteiger partial charge >= 0.3 is 0 Å². The zero-order valence-corrected chi connectivity index (χ0v) is 21.4.